The molecule has 126 valence electrons. The van der Waals surface area contributed by atoms with Crippen LogP contribution in [0.4, 0.5) is 13.2 Å². The minimum Gasteiger partial charge on any atom is -0.317 e. The van der Waals surface area contributed by atoms with Gasteiger partial charge in [-0.2, -0.15) is 13.2 Å². The van der Waals surface area contributed by atoms with E-state index in [1.807, 2.05) is 7.05 Å². The van der Waals surface area contributed by atoms with Gasteiger partial charge in [-0.15, -0.1) is 12.4 Å². The molecule has 1 aromatic carbocycles. The number of hydrogen-bond donors (Lipinski definition) is 1. The van der Waals surface area contributed by atoms with E-state index in [4.69, 9.17) is 0 Å². The highest BCUT2D eigenvalue weighted by atomic mass is 35.5. The van der Waals surface area contributed by atoms with Crippen LogP contribution in [-0.2, 0) is 16.0 Å². The predicted octanol–water partition coefficient (Wildman–Crippen LogP) is 3.43. The van der Waals surface area contributed by atoms with E-state index >= 15 is 0 Å². The Balaban J connectivity index is 0.00000242. The van der Waals surface area contributed by atoms with Gasteiger partial charge >= 0.3 is 6.18 Å². The molecule has 0 saturated heterocycles. The van der Waals surface area contributed by atoms with Gasteiger partial charge in [0, 0.05) is 6.04 Å². The number of benzene rings is 1. The molecule has 0 spiro atoms. The lowest BCUT2D eigenvalue weighted by Crippen LogP contribution is -2.35. The van der Waals surface area contributed by atoms with Crippen LogP contribution in [0.1, 0.15) is 31.2 Å². The van der Waals surface area contributed by atoms with Crippen molar-refractivity contribution >= 4 is 22.2 Å². The maximum Gasteiger partial charge on any atom is 0.416 e. The van der Waals surface area contributed by atoms with E-state index < -0.39 is 26.8 Å². The van der Waals surface area contributed by atoms with Crippen molar-refractivity contribution in [2.45, 2.75) is 48.0 Å². The molecule has 0 bridgehead atoms. The summed E-state index contributed by atoms with van der Waals surface area (Å²) in [4.78, 5) is -0.231. The smallest absolute Gasteiger partial charge is 0.317 e. The monoisotopic (exact) mass is 357 g/mol. The van der Waals surface area contributed by atoms with Crippen molar-refractivity contribution in [3.63, 3.8) is 0 Å². The largest absolute Gasteiger partial charge is 0.416 e. The van der Waals surface area contributed by atoms with Gasteiger partial charge in [-0.25, -0.2) is 8.42 Å². The lowest BCUT2D eigenvalue weighted by atomic mass is 9.95. The lowest BCUT2D eigenvalue weighted by molar-refractivity contribution is -0.137. The topological polar surface area (TPSA) is 46.2 Å². The molecule has 1 aliphatic carbocycles. The first-order valence-corrected chi connectivity index (χ1v) is 8.38. The fourth-order valence-electron chi connectivity index (χ4n) is 2.70. The summed E-state index contributed by atoms with van der Waals surface area (Å²) in [5.74, 6) is 0. The van der Waals surface area contributed by atoms with E-state index in [-0.39, 0.29) is 23.3 Å². The van der Waals surface area contributed by atoms with Gasteiger partial charge < -0.3 is 5.32 Å². The van der Waals surface area contributed by atoms with Crippen molar-refractivity contribution in [2.75, 3.05) is 7.05 Å². The number of alkyl halides is 3. The lowest BCUT2D eigenvalue weighted by Gasteiger charge is -2.28. The molecule has 0 heterocycles. The fraction of sp³-hybridized carbons (Fsp3) is 0.571. The van der Waals surface area contributed by atoms with Crippen LogP contribution in [0.2, 0.25) is 0 Å². The van der Waals surface area contributed by atoms with Crippen LogP contribution in [0, 0.1) is 0 Å². The second-order valence-corrected chi connectivity index (χ2v) is 7.56. The Kier molecular flexibility index (Phi) is 6.29. The van der Waals surface area contributed by atoms with Crippen LogP contribution in [-0.4, -0.2) is 26.8 Å². The van der Waals surface area contributed by atoms with Crippen LogP contribution in [0.5, 0.6) is 0 Å². The van der Waals surface area contributed by atoms with Gasteiger partial charge in [0.05, 0.1) is 15.7 Å². The average molecular weight is 358 g/mol. The maximum absolute atomic E-state index is 12.7. The molecule has 1 aliphatic rings. The number of rotatable bonds is 3. The molecule has 0 atom stereocenters. The number of halogens is 4. The molecule has 1 saturated carbocycles. The highest BCUT2D eigenvalue weighted by Gasteiger charge is 2.35. The Morgan fingerprint density at radius 1 is 1.14 bits per heavy atom. The summed E-state index contributed by atoms with van der Waals surface area (Å²) in [5.41, 5.74) is -0.924. The Hall–Kier alpha value is -0.790. The number of nitrogens with one attached hydrogen (secondary N) is 1. The van der Waals surface area contributed by atoms with Crippen molar-refractivity contribution in [3.05, 3.63) is 29.8 Å². The molecule has 1 N–H and O–H groups in total. The van der Waals surface area contributed by atoms with Gasteiger partial charge in [-0.3, -0.25) is 0 Å². The molecule has 0 aliphatic heterocycles. The summed E-state index contributed by atoms with van der Waals surface area (Å²) in [5, 5.41) is 2.51. The summed E-state index contributed by atoms with van der Waals surface area (Å²) in [6.45, 7) is 0. The van der Waals surface area contributed by atoms with Crippen molar-refractivity contribution in [1.29, 1.82) is 0 Å². The second-order valence-electron chi connectivity index (χ2n) is 5.33. The van der Waals surface area contributed by atoms with Crippen LogP contribution >= 0.6 is 12.4 Å². The van der Waals surface area contributed by atoms with Crippen molar-refractivity contribution in [2.24, 2.45) is 0 Å². The summed E-state index contributed by atoms with van der Waals surface area (Å²) in [6.07, 6.45) is -2.14. The SMILES string of the molecule is CNC1CCC(S(=O)(=O)c2cccc(C(F)(F)F)c2)CC1.Cl. The van der Waals surface area contributed by atoms with Gasteiger partial charge in [0.2, 0.25) is 0 Å². The molecule has 1 aromatic rings. The van der Waals surface area contributed by atoms with Gasteiger partial charge in [0.25, 0.3) is 0 Å². The summed E-state index contributed by atoms with van der Waals surface area (Å²) in [7, 11) is -1.88. The van der Waals surface area contributed by atoms with E-state index in [9.17, 15) is 21.6 Å². The first-order valence-electron chi connectivity index (χ1n) is 6.83. The zero-order chi connectivity index (χ0) is 15.7. The zero-order valence-corrected chi connectivity index (χ0v) is 13.7. The first kappa shape index (κ1) is 19.3. The zero-order valence-electron chi connectivity index (χ0n) is 12.1. The highest BCUT2D eigenvalue weighted by molar-refractivity contribution is 7.92. The average Bonchev–Trinajstić information content (AvgIpc) is 2.46. The predicted molar refractivity (Wildman–Crippen MR) is 81.0 cm³/mol. The maximum atomic E-state index is 12.7. The minimum atomic E-state index is -4.53. The van der Waals surface area contributed by atoms with Crippen molar-refractivity contribution in [3.8, 4) is 0 Å². The van der Waals surface area contributed by atoms with E-state index in [2.05, 4.69) is 5.32 Å². The second kappa shape index (κ2) is 7.19. The standard InChI is InChI=1S/C14H18F3NO2S.ClH/c1-18-11-5-7-12(8-6-11)21(19,20)13-4-2-3-10(9-13)14(15,16)17;/h2-4,9,11-12,18H,5-8H2,1H3;1H. The Labute approximate surface area is 134 Å². The summed E-state index contributed by atoms with van der Waals surface area (Å²) < 4.78 is 63.0. The number of hydrogen-bond acceptors (Lipinski definition) is 3. The van der Waals surface area contributed by atoms with Crippen LogP contribution in [0.25, 0.3) is 0 Å². The summed E-state index contributed by atoms with van der Waals surface area (Å²) >= 11 is 0. The highest BCUT2D eigenvalue weighted by Crippen LogP contribution is 2.33. The third-order valence-electron chi connectivity index (χ3n) is 4.01. The van der Waals surface area contributed by atoms with E-state index in [0.29, 0.717) is 12.8 Å². The van der Waals surface area contributed by atoms with E-state index in [0.717, 1.165) is 31.0 Å². The normalized spacial score (nSPS) is 22.9. The van der Waals surface area contributed by atoms with Crippen molar-refractivity contribution in [1.82, 2.24) is 5.32 Å². The molecule has 0 radical (unpaired) electrons. The van der Waals surface area contributed by atoms with Crippen LogP contribution < -0.4 is 5.32 Å². The van der Waals surface area contributed by atoms with Gasteiger partial charge in [-0.1, -0.05) is 6.07 Å². The Bertz CT molecular complexity index is 596. The third-order valence-corrected chi connectivity index (χ3v) is 6.27. The molecular weight excluding hydrogens is 339 g/mol. The first-order chi connectivity index (χ1) is 9.75. The van der Waals surface area contributed by atoms with Crippen LogP contribution in [0.3, 0.4) is 0 Å². The van der Waals surface area contributed by atoms with Crippen molar-refractivity contribution < 1.29 is 21.6 Å². The number of sulfone groups is 1. The molecule has 0 amide bonds. The molecule has 22 heavy (non-hydrogen) atoms. The van der Waals surface area contributed by atoms with Crippen LogP contribution in [0.15, 0.2) is 29.2 Å². The minimum absolute atomic E-state index is 0. The fourth-order valence-corrected chi connectivity index (χ4v) is 4.54. The van der Waals surface area contributed by atoms with E-state index in [1.165, 1.54) is 6.07 Å². The third kappa shape index (κ3) is 4.14. The Morgan fingerprint density at radius 2 is 1.73 bits per heavy atom. The quantitative estimate of drug-likeness (QED) is 0.901. The molecule has 2 rings (SSSR count). The van der Waals surface area contributed by atoms with Gasteiger partial charge in [0.15, 0.2) is 9.84 Å². The molecule has 3 nitrogen and oxygen atoms in total. The molecule has 8 heteroatoms. The van der Waals surface area contributed by atoms with Gasteiger partial charge in [-0.05, 0) is 50.9 Å². The summed E-state index contributed by atoms with van der Waals surface area (Å²) in [6, 6.07) is 4.30. The molecule has 1 fully saturated rings. The Morgan fingerprint density at radius 3 is 2.23 bits per heavy atom. The molecule has 0 aromatic heterocycles. The van der Waals surface area contributed by atoms with Gasteiger partial charge in [0.1, 0.15) is 0 Å². The molecular formula is C14H19ClF3NO2S. The molecule has 0 unspecified atom stereocenters. The van der Waals surface area contributed by atoms with E-state index in [1.54, 1.807) is 0 Å².